The molecule has 1 spiro atoms. The molecule has 2 aromatic heterocycles. The summed E-state index contributed by atoms with van der Waals surface area (Å²) in [6, 6.07) is 9.06. The Labute approximate surface area is 248 Å². The highest BCUT2D eigenvalue weighted by Gasteiger charge is 2.64. The Balaban J connectivity index is 1.71. The van der Waals surface area contributed by atoms with Crippen molar-refractivity contribution in [3.05, 3.63) is 86.9 Å². The quantitative estimate of drug-likeness (QED) is 0.266. The molecule has 2 aliphatic heterocycles. The van der Waals surface area contributed by atoms with Crippen molar-refractivity contribution < 1.29 is 27.5 Å². The summed E-state index contributed by atoms with van der Waals surface area (Å²) in [5.74, 6) is -1.07. The second kappa shape index (κ2) is 9.47. The summed E-state index contributed by atoms with van der Waals surface area (Å²) >= 11 is 12.6. The van der Waals surface area contributed by atoms with E-state index in [-0.39, 0.29) is 33.5 Å². The first-order chi connectivity index (χ1) is 19.8. The van der Waals surface area contributed by atoms with Crippen molar-refractivity contribution in [2.45, 2.75) is 38.5 Å². The Kier molecular flexibility index (Phi) is 6.32. The average Bonchev–Trinajstić information content (AvgIpc) is 3.53. The molecule has 0 saturated heterocycles. The van der Waals surface area contributed by atoms with Gasteiger partial charge in [0, 0.05) is 28.5 Å². The number of hydrogen-bond acceptors (Lipinski definition) is 5. The summed E-state index contributed by atoms with van der Waals surface area (Å²) in [7, 11) is 1.25. The van der Waals surface area contributed by atoms with Gasteiger partial charge in [0.2, 0.25) is 0 Å². The van der Waals surface area contributed by atoms with Crippen molar-refractivity contribution in [2.24, 2.45) is 0 Å². The number of fused-ring (bicyclic) bond motifs is 4. The number of anilines is 2. The number of methoxy groups -OCH3 is 1. The van der Waals surface area contributed by atoms with E-state index < -0.39 is 35.1 Å². The highest BCUT2D eigenvalue weighted by Crippen LogP contribution is 2.55. The van der Waals surface area contributed by atoms with Gasteiger partial charge in [0.1, 0.15) is 11.6 Å². The van der Waals surface area contributed by atoms with E-state index in [9.17, 15) is 22.8 Å². The number of carbonyl (C=O) groups excluding carboxylic acids is 2. The number of carbonyl (C=O) groups is 2. The van der Waals surface area contributed by atoms with E-state index in [2.05, 4.69) is 15.3 Å². The fourth-order valence-electron chi connectivity index (χ4n) is 5.78. The van der Waals surface area contributed by atoms with Gasteiger partial charge in [-0.2, -0.15) is 13.2 Å². The summed E-state index contributed by atoms with van der Waals surface area (Å²) in [5, 5.41) is 3.49. The van der Waals surface area contributed by atoms with Crippen LogP contribution < -0.4 is 15.0 Å². The number of benzene rings is 2. The number of aromatic nitrogens is 3. The van der Waals surface area contributed by atoms with E-state index in [0.29, 0.717) is 27.7 Å². The molecule has 13 heteroatoms. The van der Waals surface area contributed by atoms with Crippen molar-refractivity contribution in [1.82, 2.24) is 14.5 Å². The van der Waals surface area contributed by atoms with Crippen molar-refractivity contribution in [3.63, 3.8) is 0 Å². The normalized spacial score (nSPS) is 17.7. The van der Waals surface area contributed by atoms with Gasteiger partial charge in [-0.1, -0.05) is 29.3 Å². The topological polar surface area (TPSA) is 89.3 Å². The van der Waals surface area contributed by atoms with Crippen molar-refractivity contribution in [1.29, 1.82) is 0 Å². The van der Waals surface area contributed by atoms with Gasteiger partial charge >= 0.3 is 6.18 Å². The molecule has 0 saturated carbocycles. The standard InChI is InChI=1S/C29H22Cl2F3N5O3/c1-13(2)38-24-23(37-25(38)18-7-5-15(29(32,33)34)9-22(18)42-4)26(40)39(21-11-17(31)12-35-14(21)3)28(24)19-8-6-16(30)10-20(19)36-27(28)41/h5-13H,1-4H3,(H,36,41)/t28-/m1/s1. The van der Waals surface area contributed by atoms with E-state index in [1.807, 2.05) is 13.8 Å². The molecule has 0 aliphatic carbocycles. The molecule has 42 heavy (non-hydrogen) atoms. The number of rotatable bonds is 4. The van der Waals surface area contributed by atoms with Gasteiger partial charge < -0.3 is 14.6 Å². The molecular formula is C29H22Cl2F3N5O3. The zero-order valence-corrected chi connectivity index (χ0v) is 24.1. The van der Waals surface area contributed by atoms with Crippen LogP contribution in [0.5, 0.6) is 5.75 Å². The van der Waals surface area contributed by atoms with Gasteiger partial charge in [0.15, 0.2) is 11.2 Å². The van der Waals surface area contributed by atoms with E-state index in [1.54, 1.807) is 35.8 Å². The molecule has 2 aromatic carbocycles. The highest BCUT2D eigenvalue weighted by molar-refractivity contribution is 6.32. The van der Waals surface area contributed by atoms with Gasteiger partial charge in [-0.25, -0.2) is 4.98 Å². The van der Waals surface area contributed by atoms with Crippen molar-refractivity contribution in [3.8, 4) is 17.1 Å². The third-order valence-electron chi connectivity index (χ3n) is 7.50. The number of halogens is 5. The first-order valence-electron chi connectivity index (χ1n) is 12.8. The molecular weight excluding hydrogens is 594 g/mol. The molecule has 0 bridgehead atoms. The van der Waals surface area contributed by atoms with Crippen molar-refractivity contribution in [2.75, 3.05) is 17.3 Å². The van der Waals surface area contributed by atoms with Crippen LogP contribution in [-0.2, 0) is 16.5 Å². The SMILES string of the molecule is COc1cc(C(F)(F)F)ccc1-c1nc2c(n1C(C)C)[C@]1(C(=O)Nc3cc(Cl)ccc31)N(c1cc(Cl)cnc1C)C2=O. The summed E-state index contributed by atoms with van der Waals surface area (Å²) in [6.45, 7) is 5.34. The molecule has 0 fully saturated rings. The Morgan fingerprint density at radius 3 is 2.45 bits per heavy atom. The average molecular weight is 616 g/mol. The number of ether oxygens (including phenoxy) is 1. The Morgan fingerprint density at radius 1 is 1.05 bits per heavy atom. The third-order valence-corrected chi connectivity index (χ3v) is 7.94. The van der Waals surface area contributed by atoms with Gasteiger partial charge in [0.05, 0.1) is 40.3 Å². The number of amides is 2. The van der Waals surface area contributed by atoms with E-state index in [1.165, 1.54) is 24.3 Å². The minimum Gasteiger partial charge on any atom is -0.496 e. The summed E-state index contributed by atoms with van der Waals surface area (Å²) in [6.07, 6.45) is -3.16. The van der Waals surface area contributed by atoms with E-state index in [0.717, 1.165) is 12.1 Å². The summed E-state index contributed by atoms with van der Waals surface area (Å²) < 4.78 is 47.6. The van der Waals surface area contributed by atoms with Crippen LogP contribution in [0.3, 0.4) is 0 Å². The first kappa shape index (κ1) is 28.0. The second-order valence-corrected chi connectivity index (χ2v) is 11.1. The molecule has 2 amide bonds. The van der Waals surface area contributed by atoms with Gasteiger partial charge in [-0.15, -0.1) is 0 Å². The Bertz CT molecular complexity index is 1820. The number of aryl methyl sites for hydroxylation is 1. The first-order valence-corrected chi connectivity index (χ1v) is 13.5. The number of imidazole rings is 1. The van der Waals surface area contributed by atoms with Crippen LogP contribution in [0.25, 0.3) is 11.4 Å². The lowest BCUT2D eigenvalue weighted by molar-refractivity contribution is -0.137. The van der Waals surface area contributed by atoms with Crippen molar-refractivity contribution >= 4 is 46.4 Å². The lowest BCUT2D eigenvalue weighted by Crippen LogP contribution is -2.51. The van der Waals surface area contributed by atoms with Crippen LogP contribution in [0, 0.1) is 6.92 Å². The molecule has 1 atom stereocenters. The molecule has 4 heterocycles. The maximum Gasteiger partial charge on any atom is 0.416 e. The fraction of sp³-hybridized carbons (Fsp3) is 0.241. The number of pyridine rings is 1. The van der Waals surface area contributed by atoms with E-state index in [4.69, 9.17) is 27.9 Å². The van der Waals surface area contributed by atoms with Crippen LogP contribution >= 0.6 is 23.2 Å². The predicted molar refractivity (Wildman–Crippen MR) is 151 cm³/mol. The molecule has 2 aliphatic rings. The van der Waals surface area contributed by atoms with Crippen LogP contribution in [0.2, 0.25) is 10.0 Å². The number of alkyl halides is 3. The second-order valence-electron chi connectivity index (χ2n) is 10.3. The number of nitrogens with one attached hydrogen (secondary N) is 1. The minimum atomic E-state index is -4.60. The maximum atomic E-state index is 14.4. The molecule has 1 N–H and O–H groups in total. The third kappa shape index (κ3) is 3.83. The fourth-order valence-corrected chi connectivity index (χ4v) is 6.10. The maximum absolute atomic E-state index is 14.4. The highest BCUT2D eigenvalue weighted by atomic mass is 35.5. The zero-order valence-electron chi connectivity index (χ0n) is 22.6. The number of nitrogens with zero attached hydrogens (tertiary/aromatic N) is 4. The minimum absolute atomic E-state index is 0.0435. The summed E-state index contributed by atoms with van der Waals surface area (Å²) in [4.78, 5) is 39.0. The zero-order chi connectivity index (χ0) is 30.3. The molecule has 0 unspecified atom stereocenters. The largest absolute Gasteiger partial charge is 0.496 e. The van der Waals surface area contributed by atoms with E-state index >= 15 is 0 Å². The smallest absolute Gasteiger partial charge is 0.416 e. The van der Waals surface area contributed by atoms with Crippen LogP contribution in [-0.4, -0.2) is 33.5 Å². The van der Waals surface area contributed by atoms with Crippen LogP contribution in [0.15, 0.2) is 48.7 Å². The predicted octanol–water partition coefficient (Wildman–Crippen LogP) is 7.02. The Hall–Kier alpha value is -4.09. The Morgan fingerprint density at radius 2 is 1.79 bits per heavy atom. The lowest BCUT2D eigenvalue weighted by atomic mass is 9.87. The lowest BCUT2D eigenvalue weighted by Gasteiger charge is -2.36. The molecule has 4 aromatic rings. The van der Waals surface area contributed by atoms with Gasteiger partial charge in [0.25, 0.3) is 11.8 Å². The molecule has 6 rings (SSSR count). The van der Waals surface area contributed by atoms with Gasteiger partial charge in [-0.05, 0) is 57.2 Å². The van der Waals surface area contributed by atoms with Gasteiger partial charge in [-0.3, -0.25) is 19.5 Å². The molecule has 8 nitrogen and oxygen atoms in total. The summed E-state index contributed by atoms with van der Waals surface area (Å²) in [5.41, 5.74) is -0.665. The molecule has 216 valence electrons. The van der Waals surface area contributed by atoms with Crippen LogP contribution in [0.1, 0.15) is 52.9 Å². The monoisotopic (exact) mass is 615 g/mol. The molecule has 0 radical (unpaired) electrons. The number of hydrogen-bond donors (Lipinski definition) is 1. The van der Waals surface area contributed by atoms with Crippen LogP contribution in [0.4, 0.5) is 24.5 Å².